The number of hydrogen-bond acceptors (Lipinski definition) is 2. The van der Waals surface area contributed by atoms with E-state index >= 15 is 0 Å². The van der Waals surface area contributed by atoms with Gasteiger partial charge in [-0.25, -0.2) is 0 Å². The number of aromatic nitrogens is 2. The lowest BCUT2D eigenvalue weighted by atomic mass is 10.1. The first-order chi connectivity index (χ1) is 6.68. The maximum atomic E-state index is 4.39. The molecule has 2 heterocycles. The molecular weight excluding hydrogens is 240 g/mol. The topological polar surface area (TPSA) is 25.8 Å². The van der Waals surface area contributed by atoms with Crippen molar-refractivity contribution in [2.24, 2.45) is 0 Å². The Balaban J connectivity index is 2.75. The minimum absolute atomic E-state index is 0.410. The Hall–Kier alpha value is -0.960. The minimum Gasteiger partial charge on any atom is -0.259 e. The van der Waals surface area contributed by atoms with E-state index < -0.39 is 0 Å². The van der Waals surface area contributed by atoms with Crippen molar-refractivity contribution >= 4 is 26.8 Å². The largest absolute Gasteiger partial charge is 0.259 e. The lowest BCUT2D eigenvalue weighted by molar-refractivity contribution is 0.830. The van der Waals surface area contributed by atoms with Crippen molar-refractivity contribution in [3.05, 3.63) is 34.7 Å². The van der Waals surface area contributed by atoms with Crippen molar-refractivity contribution in [1.29, 1.82) is 0 Å². The third-order valence-electron chi connectivity index (χ3n) is 2.14. The molecule has 0 radical (unpaired) electrons. The van der Waals surface area contributed by atoms with Gasteiger partial charge in [0.25, 0.3) is 0 Å². The SMILES string of the molecule is CC(C)c1nccc2cc(Br)cnc12. The molecule has 0 bridgehead atoms. The molecule has 0 spiro atoms. The summed E-state index contributed by atoms with van der Waals surface area (Å²) in [6.45, 7) is 4.26. The standard InChI is InChI=1S/C11H11BrN2/c1-7(2)10-11-8(3-4-13-10)5-9(12)6-14-11/h3-7H,1-2H3. The summed E-state index contributed by atoms with van der Waals surface area (Å²) in [4.78, 5) is 8.75. The van der Waals surface area contributed by atoms with E-state index in [4.69, 9.17) is 0 Å². The Morgan fingerprint density at radius 3 is 2.79 bits per heavy atom. The van der Waals surface area contributed by atoms with Crippen LogP contribution in [0.25, 0.3) is 10.9 Å². The molecule has 0 aromatic carbocycles. The molecule has 0 atom stereocenters. The van der Waals surface area contributed by atoms with Crippen LogP contribution in [0, 0.1) is 0 Å². The molecule has 0 fully saturated rings. The molecule has 0 aliphatic carbocycles. The summed E-state index contributed by atoms with van der Waals surface area (Å²) < 4.78 is 1.01. The first kappa shape index (κ1) is 9.59. The molecule has 0 N–H and O–H groups in total. The number of rotatable bonds is 1. The summed E-state index contributed by atoms with van der Waals surface area (Å²) >= 11 is 3.41. The fourth-order valence-corrected chi connectivity index (χ4v) is 1.83. The van der Waals surface area contributed by atoms with Gasteiger partial charge in [0.15, 0.2) is 0 Å². The van der Waals surface area contributed by atoms with Crippen LogP contribution in [0.1, 0.15) is 25.5 Å². The number of nitrogens with zero attached hydrogens (tertiary/aromatic N) is 2. The van der Waals surface area contributed by atoms with Crippen LogP contribution in [0.3, 0.4) is 0 Å². The molecule has 0 aliphatic rings. The molecule has 0 saturated carbocycles. The van der Waals surface area contributed by atoms with Gasteiger partial charge in [-0.1, -0.05) is 13.8 Å². The van der Waals surface area contributed by atoms with E-state index in [1.165, 1.54) is 0 Å². The van der Waals surface area contributed by atoms with Crippen LogP contribution < -0.4 is 0 Å². The number of fused-ring (bicyclic) bond motifs is 1. The van der Waals surface area contributed by atoms with Crippen molar-refractivity contribution in [3.63, 3.8) is 0 Å². The van der Waals surface area contributed by atoms with Crippen LogP contribution in [-0.2, 0) is 0 Å². The molecule has 0 aliphatic heterocycles. The fourth-order valence-electron chi connectivity index (χ4n) is 1.48. The van der Waals surface area contributed by atoms with Crippen molar-refractivity contribution in [3.8, 4) is 0 Å². The Bertz CT molecular complexity index is 466. The molecular formula is C11H11BrN2. The van der Waals surface area contributed by atoms with Gasteiger partial charge in [0, 0.05) is 22.3 Å². The molecule has 72 valence electrons. The molecule has 2 aromatic heterocycles. The van der Waals surface area contributed by atoms with E-state index in [0.717, 1.165) is 21.1 Å². The Morgan fingerprint density at radius 1 is 1.29 bits per heavy atom. The smallest absolute Gasteiger partial charge is 0.0920 e. The molecule has 0 saturated heterocycles. The third kappa shape index (κ3) is 1.64. The highest BCUT2D eigenvalue weighted by Crippen LogP contribution is 2.23. The van der Waals surface area contributed by atoms with Gasteiger partial charge < -0.3 is 0 Å². The predicted molar refractivity (Wildman–Crippen MR) is 61.3 cm³/mol. The van der Waals surface area contributed by atoms with Gasteiger partial charge in [-0.3, -0.25) is 9.97 Å². The van der Waals surface area contributed by atoms with Crippen LogP contribution >= 0.6 is 15.9 Å². The summed E-state index contributed by atoms with van der Waals surface area (Å²) in [7, 11) is 0. The number of pyridine rings is 2. The second-order valence-corrected chi connectivity index (χ2v) is 4.49. The average molecular weight is 251 g/mol. The van der Waals surface area contributed by atoms with Gasteiger partial charge in [-0.05, 0) is 34.0 Å². The monoisotopic (exact) mass is 250 g/mol. The van der Waals surface area contributed by atoms with Gasteiger partial charge in [0.1, 0.15) is 0 Å². The summed E-state index contributed by atoms with van der Waals surface area (Å²) in [5.41, 5.74) is 2.07. The summed E-state index contributed by atoms with van der Waals surface area (Å²) in [6, 6.07) is 4.05. The fraction of sp³-hybridized carbons (Fsp3) is 0.273. The van der Waals surface area contributed by atoms with Gasteiger partial charge >= 0.3 is 0 Å². The zero-order valence-electron chi connectivity index (χ0n) is 8.16. The van der Waals surface area contributed by atoms with Crippen molar-refractivity contribution in [2.75, 3.05) is 0 Å². The molecule has 3 heteroatoms. The highest BCUT2D eigenvalue weighted by Gasteiger charge is 2.07. The van der Waals surface area contributed by atoms with E-state index in [-0.39, 0.29) is 0 Å². The molecule has 0 amide bonds. The number of hydrogen-bond donors (Lipinski definition) is 0. The Labute approximate surface area is 91.5 Å². The first-order valence-electron chi connectivity index (χ1n) is 4.58. The highest BCUT2D eigenvalue weighted by molar-refractivity contribution is 9.10. The second kappa shape index (κ2) is 3.65. The average Bonchev–Trinajstić information content (AvgIpc) is 2.16. The van der Waals surface area contributed by atoms with Crippen LogP contribution in [0.5, 0.6) is 0 Å². The Kier molecular flexibility index (Phi) is 2.50. The molecule has 0 unspecified atom stereocenters. The van der Waals surface area contributed by atoms with Crippen molar-refractivity contribution in [1.82, 2.24) is 9.97 Å². The normalized spacial score (nSPS) is 11.1. The first-order valence-corrected chi connectivity index (χ1v) is 5.38. The maximum absolute atomic E-state index is 4.39. The van der Waals surface area contributed by atoms with Gasteiger partial charge in [-0.2, -0.15) is 0 Å². The summed E-state index contributed by atoms with van der Waals surface area (Å²) in [5, 5.41) is 1.14. The van der Waals surface area contributed by atoms with Gasteiger partial charge in [0.05, 0.1) is 11.2 Å². The van der Waals surface area contributed by atoms with Crippen LogP contribution in [0.2, 0.25) is 0 Å². The zero-order valence-corrected chi connectivity index (χ0v) is 9.75. The molecule has 2 aromatic rings. The zero-order chi connectivity index (χ0) is 10.1. The lowest BCUT2D eigenvalue weighted by Gasteiger charge is -2.07. The molecule has 14 heavy (non-hydrogen) atoms. The second-order valence-electron chi connectivity index (χ2n) is 3.58. The van der Waals surface area contributed by atoms with Gasteiger partial charge in [0.2, 0.25) is 0 Å². The third-order valence-corrected chi connectivity index (χ3v) is 2.57. The van der Waals surface area contributed by atoms with Crippen LogP contribution in [0.15, 0.2) is 29.0 Å². The Morgan fingerprint density at radius 2 is 2.07 bits per heavy atom. The van der Waals surface area contributed by atoms with Crippen LogP contribution in [-0.4, -0.2) is 9.97 Å². The quantitative estimate of drug-likeness (QED) is 0.774. The van der Waals surface area contributed by atoms with E-state index in [9.17, 15) is 0 Å². The lowest BCUT2D eigenvalue weighted by Crippen LogP contribution is -1.95. The molecule has 2 rings (SSSR count). The van der Waals surface area contributed by atoms with Crippen LogP contribution in [0.4, 0.5) is 0 Å². The maximum Gasteiger partial charge on any atom is 0.0920 e. The van der Waals surface area contributed by atoms with Crippen molar-refractivity contribution in [2.45, 2.75) is 19.8 Å². The summed E-state index contributed by atoms with van der Waals surface area (Å²) in [6.07, 6.45) is 3.65. The minimum atomic E-state index is 0.410. The van der Waals surface area contributed by atoms with E-state index in [1.54, 1.807) is 0 Å². The van der Waals surface area contributed by atoms with Crippen molar-refractivity contribution < 1.29 is 0 Å². The molecule has 2 nitrogen and oxygen atoms in total. The predicted octanol–water partition coefficient (Wildman–Crippen LogP) is 3.52. The number of halogens is 1. The highest BCUT2D eigenvalue weighted by atomic mass is 79.9. The van der Waals surface area contributed by atoms with E-state index in [0.29, 0.717) is 5.92 Å². The van der Waals surface area contributed by atoms with E-state index in [2.05, 4.69) is 45.8 Å². The summed E-state index contributed by atoms with van der Waals surface area (Å²) in [5.74, 6) is 0.410. The van der Waals surface area contributed by atoms with E-state index in [1.807, 2.05) is 18.5 Å². The van der Waals surface area contributed by atoms with Gasteiger partial charge in [-0.15, -0.1) is 0 Å².